The Morgan fingerprint density at radius 1 is 1.35 bits per heavy atom. The summed E-state index contributed by atoms with van der Waals surface area (Å²) in [5.74, 6) is 0.815. The molecule has 0 bridgehead atoms. The van der Waals surface area contributed by atoms with E-state index in [0.29, 0.717) is 6.42 Å². The van der Waals surface area contributed by atoms with E-state index in [0.717, 1.165) is 17.1 Å². The molecule has 1 heterocycles. The molecule has 1 N–H and O–H groups in total. The van der Waals surface area contributed by atoms with Crippen LogP contribution in [0, 0.1) is 0 Å². The van der Waals surface area contributed by atoms with Gasteiger partial charge in [0.2, 0.25) is 5.91 Å². The number of amides is 1. The van der Waals surface area contributed by atoms with Gasteiger partial charge in [-0.1, -0.05) is 6.92 Å². The molecule has 0 saturated heterocycles. The van der Waals surface area contributed by atoms with Gasteiger partial charge in [0.25, 0.3) is 0 Å². The Bertz CT molecular complexity index is 516. The summed E-state index contributed by atoms with van der Waals surface area (Å²) in [4.78, 5) is 11.2. The highest BCUT2D eigenvalue weighted by Gasteiger charge is 2.04. The molecular formula is C12H14N4O. The normalized spacial score (nSPS) is 10.2. The van der Waals surface area contributed by atoms with Gasteiger partial charge < -0.3 is 9.88 Å². The summed E-state index contributed by atoms with van der Waals surface area (Å²) in [6.45, 7) is 1.82. The number of carbonyl (C=O) groups is 1. The standard InChI is InChI=1S/C12H14N4O/c1-3-11(17)14-10-6-4-9(5-7-10)12-15-13-8-16(12)2/h4-8H,3H2,1-2H3,(H,14,17). The van der Waals surface area contributed by atoms with E-state index in [1.54, 1.807) is 6.33 Å². The fraction of sp³-hybridized carbons (Fsp3) is 0.250. The van der Waals surface area contributed by atoms with Crippen molar-refractivity contribution < 1.29 is 4.79 Å². The minimum Gasteiger partial charge on any atom is -0.326 e. The predicted octanol–water partition coefficient (Wildman–Crippen LogP) is 1.83. The van der Waals surface area contributed by atoms with Crippen LogP contribution in [0.2, 0.25) is 0 Å². The molecule has 0 radical (unpaired) electrons. The Balaban J connectivity index is 2.19. The summed E-state index contributed by atoms with van der Waals surface area (Å²) in [7, 11) is 1.89. The minimum atomic E-state index is 0.0106. The molecule has 0 aliphatic rings. The lowest BCUT2D eigenvalue weighted by Crippen LogP contribution is -2.09. The predicted molar refractivity (Wildman–Crippen MR) is 65.4 cm³/mol. The molecule has 0 unspecified atom stereocenters. The fourth-order valence-electron chi connectivity index (χ4n) is 1.50. The van der Waals surface area contributed by atoms with Crippen molar-refractivity contribution in [3.8, 4) is 11.4 Å². The molecule has 1 amide bonds. The van der Waals surface area contributed by atoms with Crippen molar-refractivity contribution in [2.24, 2.45) is 7.05 Å². The van der Waals surface area contributed by atoms with Crippen molar-refractivity contribution in [2.75, 3.05) is 5.32 Å². The van der Waals surface area contributed by atoms with Gasteiger partial charge in [0.05, 0.1) is 0 Å². The lowest BCUT2D eigenvalue weighted by atomic mass is 10.2. The third kappa shape index (κ3) is 2.50. The van der Waals surface area contributed by atoms with E-state index in [4.69, 9.17) is 0 Å². The maximum absolute atomic E-state index is 11.2. The molecule has 2 rings (SSSR count). The minimum absolute atomic E-state index is 0.0106. The molecular weight excluding hydrogens is 216 g/mol. The van der Waals surface area contributed by atoms with Crippen molar-refractivity contribution in [2.45, 2.75) is 13.3 Å². The number of nitrogens with one attached hydrogen (secondary N) is 1. The monoisotopic (exact) mass is 230 g/mol. The Hall–Kier alpha value is -2.17. The van der Waals surface area contributed by atoms with Crippen LogP contribution in [-0.2, 0) is 11.8 Å². The van der Waals surface area contributed by atoms with Crippen LogP contribution >= 0.6 is 0 Å². The summed E-state index contributed by atoms with van der Waals surface area (Å²) >= 11 is 0. The van der Waals surface area contributed by atoms with E-state index in [1.165, 1.54) is 0 Å². The number of carbonyl (C=O) groups excluding carboxylic acids is 1. The van der Waals surface area contributed by atoms with E-state index in [9.17, 15) is 4.79 Å². The van der Waals surface area contributed by atoms with Crippen molar-refractivity contribution in [1.29, 1.82) is 0 Å². The van der Waals surface area contributed by atoms with Gasteiger partial charge in [-0.3, -0.25) is 4.79 Å². The average Bonchev–Trinajstić information content (AvgIpc) is 2.76. The highest BCUT2D eigenvalue weighted by molar-refractivity contribution is 5.90. The van der Waals surface area contributed by atoms with E-state index in [-0.39, 0.29) is 5.91 Å². The molecule has 0 fully saturated rings. The molecule has 0 atom stereocenters. The second-order valence-electron chi connectivity index (χ2n) is 3.74. The van der Waals surface area contributed by atoms with Gasteiger partial charge >= 0.3 is 0 Å². The zero-order valence-corrected chi connectivity index (χ0v) is 9.84. The quantitative estimate of drug-likeness (QED) is 0.875. The molecule has 0 saturated carbocycles. The first-order valence-corrected chi connectivity index (χ1v) is 5.45. The smallest absolute Gasteiger partial charge is 0.224 e. The van der Waals surface area contributed by atoms with Gasteiger partial charge in [0.1, 0.15) is 6.33 Å². The third-order valence-corrected chi connectivity index (χ3v) is 2.46. The lowest BCUT2D eigenvalue weighted by molar-refractivity contribution is -0.115. The molecule has 2 aromatic rings. The highest BCUT2D eigenvalue weighted by atomic mass is 16.1. The van der Waals surface area contributed by atoms with Crippen LogP contribution in [0.3, 0.4) is 0 Å². The van der Waals surface area contributed by atoms with Gasteiger partial charge in [0.15, 0.2) is 5.82 Å². The van der Waals surface area contributed by atoms with Gasteiger partial charge in [-0.25, -0.2) is 0 Å². The molecule has 0 aliphatic heterocycles. The van der Waals surface area contributed by atoms with Crippen LogP contribution in [0.25, 0.3) is 11.4 Å². The lowest BCUT2D eigenvalue weighted by Gasteiger charge is -2.05. The van der Waals surface area contributed by atoms with E-state index < -0.39 is 0 Å². The van der Waals surface area contributed by atoms with Crippen LogP contribution in [0.5, 0.6) is 0 Å². The molecule has 1 aromatic carbocycles. The van der Waals surface area contributed by atoms with Crippen molar-refractivity contribution in [3.05, 3.63) is 30.6 Å². The maximum Gasteiger partial charge on any atom is 0.224 e. The number of nitrogens with zero attached hydrogens (tertiary/aromatic N) is 3. The number of rotatable bonds is 3. The van der Waals surface area contributed by atoms with Gasteiger partial charge in [-0.05, 0) is 24.3 Å². The molecule has 5 nitrogen and oxygen atoms in total. The first-order valence-electron chi connectivity index (χ1n) is 5.45. The van der Waals surface area contributed by atoms with Gasteiger partial charge in [-0.15, -0.1) is 10.2 Å². The SMILES string of the molecule is CCC(=O)Nc1ccc(-c2nncn2C)cc1. The second kappa shape index (κ2) is 4.78. The zero-order valence-electron chi connectivity index (χ0n) is 9.84. The Morgan fingerprint density at radius 3 is 2.59 bits per heavy atom. The summed E-state index contributed by atoms with van der Waals surface area (Å²) in [6.07, 6.45) is 2.13. The summed E-state index contributed by atoms with van der Waals surface area (Å²) < 4.78 is 1.85. The number of aryl methyl sites for hydroxylation is 1. The third-order valence-electron chi connectivity index (χ3n) is 2.46. The van der Waals surface area contributed by atoms with Gasteiger partial charge in [0, 0.05) is 24.7 Å². The van der Waals surface area contributed by atoms with E-state index in [1.807, 2.05) is 42.8 Å². The summed E-state index contributed by atoms with van der Waals surface area (Å²) in [5.41, 5.74) is 1.77. The fourth-order valence-corrected chi connectivity index (χ4v) is 1.50. The number of aromatic nitrogens is 3. The van der Waals surface area contributed by atoms with Crippen molar-refractivity contribution >= 4 is 11.6 Å². The number of hydrogen-bond donors (Lipinski definition) is 1. The zero-order chi connectivity index (χ0) is 12.3. The molecule has 17 heavy (non-hydrogen) atoms. The van der Waals surface area contributed by atoms with Crippen LogP contribution < -0.4 is 5.32 Å². The summed E-state index contributed by atoms with van der Waals surface area (Å²) in [6, 6.07) is 7.54. The number of benzene rings is 1. The molecule has 0 spiro atoms. The van der Waals surface area contributed by atoms with Crippen LogP contribution in [0.4, 0.5) is 5.69 Å². The van der Waals surface area contributed by atoms with Crippen LogP contribution in [0.1, 0.15) is 13.3 Å². The molecule has 5 heteroatoms. The van der Waals surface area contributed by atoms with E-state index in [2.05, 4.69) is 15.5 Å². The van der Waals surface area contributed by atoms with E-state index >= 15 is 0 Å². The largest absolute Gasteiger partial charge is 0.326 e. The van der Waals surface area contributed by atoms with Crippen molar-refractivity contribution in [3.63, 3.8) is 0 Å². The maximum atomic E-state index is 11.2. The molecule has 0 aliphatic carbocycles. The number of hydrogen-bond acceptors (Lipinski definition) is 3. The van der Waals surface area contributed by atoms with Crippen LogP contribution in [-0.4, -0.2) is 20.7 Å². The Kier molecular flexibility index (Phi) is 3.18. The molecule has 88 valence electrons. The first-order chi connectivity index (χ1) is 8.20. The Labute approximate surface area is 99.5 Å². The van der Waals surface area contributed by atoms with Crippen molar-refractivity contribution in [1.82, 2.24) is 14.8 Å². The average molecular weight is 230 g/mol. The first kappa shape index (κ1) is 11.3. The Morgan fingerprint density at radius 2 is 2.06 bits per heavy atom. The van der Waals surface area contributed by atoms with Gasteiger partial charge in [-0.2, -0.15) is 0 Å². The second-order valence-corrected chi connectivity index (χ2v) is 3.74. The summed E-state index contributed by atoms with van der Waals surface area (Å²) in [5, 5.41) is 10.6. The number of anilines is 1. The molecule has 1 aromatic heterocycles. The topological polar surface area (TPSA) is 59.8 Å². The highest BCUT2D eigenvalue weighted by Crippen LogP contribution is 2.18. The van der Waals surface area contributed by atoms with Crippen LogP contribution in [0.15, 0.2) is 30.6 Å².